The van der Waals surface area contributed by atoms with Crippen LogP contribution in [0, 0.1) is 0 Å². The van der Waals surface area contributed by atoms with E-state index in [1.807, 2.05) is 23.1 Å². The Hall–Kier alpha value is -2.25. The number of morpholine rings is 1. The minimum Gasteiger partial charge on any atom is -0.374 e. The van der Waals surface area contributed by atoms with Gasteiger partial charge in [-0.1, -0.05) is 18.2 Å². The average Bonchev–Trinajstić information content (AvgIpc) is 3.24. The van der Waals surface area contributed by atoms with Gasteiger partial charge < -0.3 is 9.64 Å². The molecule has 1 fully saturated rings. The van der Waals surface area contributed by atoms with E-state index in [1.165, 1.54) is 11.9 Å². The van der Waals surface area contributed by atoms with E-state index < -0.39 is 0 Å². The quantitative estimate of drug-likeness (QED) is 0.821. The van der Waals surface area contributed by atoms with Gasteiger partial charge in [0.15, 0.2) is 0 Å². The van der Waals surface area contributed by atoms with Crippen LogP contribution in [-0.4, -0.2) is 64.5 Å². The van der Waals surface area contributed by atoms with Crippen LogP contribution in [0.3, 0.4) is 0 Å². The molecular weight excluding hydrogens is 306 g/mol. The predicted octanol–water partition coefficient (Wildman–Crippen LogP) is 0.568. The largest absolute Gasteiger partial charge is 0.374 e. The van der Waals surface area contributed by atoms with Crippen molar-refractivity contribution in [1.29, 1.82) is 0 Å². The van der Waals surface area contributed by atoms with Crippen molar-refractivity contribution < 1.29 is 9.53 Å². The fourth-order valence-electron chi connectivity index (χ4n) is 3.44. The number of rotatable bonds is 4. The summed E-state index contributed by atoms with van der Waals surface area (Å²) in [6.07, 6.45) is 4.20. The van der Waals surface area contributed by atoms with E-state index in [2.05, 4.69) is 21.0 Å². The topological polar surface area (TPSA) is 63.5 Å². The van der Waals surface area contributed by atoms with E-state index in [9.17, 15) is 4.79 Å². The predicted molar refractivity (Wildman–Crippen MR) is 88.7 cm³/mol. The van der Waals surface area contributed by atoms with Crippen LogP contribution in [0.25, 0.3) is 0 Å². The number of amides is 1. The average molecular weight is 327 g/mol. The van der Waals surface area contributed by atoms with Gasteiger partial charge in [-0.2, -0.15) is 5.10 Å². The van der Waals surface area contributed by atoms with Crippen LogP contribution in [-0.2, 0) is 22.5 Å². The molecule has 7 heteroatoms. The van der Waals surface area contributed by atoms with Gasteiger partial charge in [0.1, 0.15) is 12.7 Å². The van der Waals surface area contributed by atoms with Gasteiger partial charge in [-0.3, -0.25) is 14.4 Å². The van der Waals surface area contributed by atoms with Gasteiger partial charge in [-0.25, -0.2) is 4.98 Å². The molecular formula is C17H21N5O2. The van der Waals surface area contributed by atoms with Crippen LogP contribution in [0.5, 0.6) is 0 Å². The number of carbonyl (C=O) groups is 1. The number of aromatic nitrogens is 3. The van der Waals surface area contributed by atoms with Gasteiger partial charge in [0.2, 0.25) is 5.91 Å². The first-order chi connectivity index (χ1) is 11.8. The molecule has 2 aromatic rings. The molecule has 1 unspecified atom stereocenters. The van der Waals surface area contributed by atoms with E-state index in [1.54, 1.807) is 11.0 Å². The van der Waals surface area contributed by atoms with Crippen molar-refractivity contribution in [2.45, 2.75) is 19.1 Å². The van der Waals surface area contributed by atoms with Crippen LogP contribution >= 0.6 is 0 Å². The summed E-state index contributed by atoms with van der Waals surface area (Å²) in [4.78, 5) is 20.8. The lowest BCUT2D eigenvalue weighted by Gasteiger charge is -2.33. The Bertz CT molecular complexity index is 703. The van der Waals surface area contributed by atoms with Crippen molar-refractivity contribution in [2.24, 2.45) is 0 Å². The Morgan fingerprint density at radius 2 is 2.21 bits per heavy atom. The third-order valence-corrected chi connectivity index (χ3v) is 4.63. The number of nitrogens with zero attached hydrogens (tertiary/aromatic N) is 5. The zero-order valence-corrected chi connectivity index (χ0v) is 13.5. The maximum absolute atomic E-state index is 12.7. The first-order valence-electron chi connectivity index (χ1n) is 8.34. The molecule has 0 saturated carbocycles. The molecule has 0 radical (unpaired) electrons. The number of benzene rings is 1. The molecule has 0 N–H and O–H groups in total. The number of para-hydroxylation sites is 1. The molecule has 126 valence electrons. The van der Waals surface area contributed by atoms with Crippen molar-refractivity contribution in [2.75, 3.05) is 37.7 Å². The summed E-state index contributed by atoms with van der Waals surface area (Å²) < 4.78 is 7.56. The summed E-state index contributed by atoms with van der Waals surface area (Å²) in [6, 6.07) is 8.16. The van der Waals surface area contributed by atoms with Gasteiger partial charge in [-0.05, 0) is 18.1 Å². The number of carbonyl (C=O) groups excluding carboxylic acids is 1. The summed E-state index contributed by atoms with van der Waals surface area (Å²) in [5, 5.41) is 4.12. The van der Waals surface area contributed by atoms with E-state index in [0.29, 0.717) is 19.7 Å². The second-order valence-electron chi connectivity index (χ2n) is 6.27. The summed E-state index contributed by atoms with van der Waals surface area (Å²) in [7, 11) is 0. The van der Waals surface area contributed by atoms with Crippen LogP contribution in [0.15, 0.2) is 36.9 Å². The van der Waals surface area contributed by atoms with E-state index >= 15 is 0 Å². The standard InChI is InChI=1S/C17H21N5O2/c23-17(22-6-5-14-3-1-2-4-16(14)22)11-20-7-8-24-15(9-20)10-21-13-18-12-19-21/h1-4,12-13,15H,5-11H2. The third-order valence-electron chi connectivity index (χ3n) is 4.63. The second-order valence-corrected chi connectivity index (χ2v) is 6.27. The fraction of sp³-hybridized carbons (Fsp3) is 0.471. The molecule has 7 nitrogen and oxygen atoms in total. The van der Waals surface area contributed by atoms with Gasteiger partial charge in [0, 0.05) is 25.3 Å². The Balaban J connectivity index is 1.36. The third kappa shape index (κ3) is 3.18. The highest BCUT2D eigenvalue weighted by Gasteiger charge is 2.28. The molecule has 3 heterocycles. The monoisotopic (exact) mass is 327 g/mol. The van der Waals surface area contributed by atoms with Crippen molar-refractivity contribution in [1.82, 2.24) is 19.7 Å². The van der Waals surface area contributed by atoms with Gasteiger partial charge in [-0.15, -0.1) is 0 Å². The molecule has 1 saturated heterocycles. The molecule has 1 aromatic heterocycles. The summed E-state index contributed by atoms with van der Waals surface area (Å²) in [5.41, 5.74) is 2.33. The lowest BCUT2D eigenvalue weighted by Crippen LogP contribution is -2.48. The maximum Gasteiger partial charge on any atom is 0.241 e. The summed E-state index contributed by atoms with van der Waals surface area (Å²) in [6.45, 7) is 4.05. The van der Waals surface area contributed by atoms with Crippen molar-refractivity contribution in [3.8, 4) is 0 Å². The maximum atomic E-state index is 12.7. The van der Waals surface area contributed by atoms with E-state index in [4.69, 9.17) is 4.74 Å². The van der Waals surface area contributed by atoms with Crippen molar-refractivity contribution >= 4 is 11.6 Å². The van der Waals surface area contributed by atoms with Crippen LogP contribution < -0.4 is 4.90 Å². The van der Waals surface area contributed by atoms with Crippen molar-refractivity contribution in [3.05, 3.63) is 42.5 Å². The highest BCUT2D eigenvalue weighted by Crippen LogP contribution is 2.27. The Morgan fingerprint density at radius 1 is 1.29 bits per heavy atom. The van der Waals surface area contributed by atoms with Crippen molar-refractivity contribution in [3.63, 3.8) is 0 Å². The molecule has 1 atom stereocenters. The summed E-state index contributed by atoms with van der Waals surface area (Å²) >= 11 is 0. The van der Waals surface area contributed by atoms with Gasteiger partial charge >= 0.3 is 0 Å². The van der Waals surface area contributed by atoms with Gasteiger partial charge in [0.25, 0.3) is 0 Å². The van der Waals surface area contributed by atoms with Crippen LogP contribution in [0.1, 0.15) is 5.56 Å². The second kappa shape index (κ2) is 6.70. The number of hydrogen-bond donors (Lipinski definition) is 0. The highest BCUT2D eigenvalue weighted by molar-refractivity contribution is 5.96. The molecule has 1 aromatic carbocycles. The van der Waals surface area contributed by atoms with E-state index in [-0.39, 0.29) is 12.0 Å². The number of ether oxygens (including phenoxy) is 1. The first kappa shape index (κ1) is 15.3. The molecule has 0 aliphatic carbocycles. The Labute approximate surface area is 140 Å². The fourth-order valence-corrected chi connectivity index (χ4v) is 3.44. The van der Waals surface area contributed by atoms with E-state index in [0.717, 1.165) is 31.7 Å². The molecule has 1 amide bonds. The Morgan fingerprint density at radius 3 is 3.08 bits per heavy atom. The smallest absolute Gasteiger partial charge is 0.241 e. The molecule has 24 heavy (non-hydrogen) atoms. The number of fused-ring (bicyclic) bond motifs is 1. The minimum atomic E-state index is 0.0408. The zero-order chi connectivity index (χ0) is 16.4. The molecule has 2 aliphatic rings. The lowest BCUT2D eigenvalue weighted by atomic mass is 10.2. The molecule has 4 rings (SSSR count). The number of anilines is 1. The SMILES string of the molecule is O=C(CN1CCOC(Cn2cncn2)C1)N1CCc2ccccc21. The molecule has 0 spiro atoms. The Kier molecular flexibility index (Phi) is 4.27. The highest BCUT2D eigenvalue weighted by atomic mass is 16.5. The summed E-state index contributed by atoms with van der Waals surface area (Å²) in [5.74, 6) is 0.168. The molecule has 0 bridgehead atoms. The first-order valence-corrected chi connectivity index (χ1v) is 8.34. The normalized spacial score (nSPS) is 21.0. The minimum absolute atomic E-state index is 0.0408. The van der Waals surface area contributed by atoms with Crippen LogP contribution in [0.4, 0.5) is 5.69 Å². The molecule has 2 aliphatic heterocycles. The number of hydrogen-bond acceptors (Lipinski definition) is 5. The van der Waals surface area contributed by atoms with Crippen LogP contribution in [0.2, 0.25) is 0 Å². The lowest BCUT2D eigenvalue weighted by molar-refractivity contribution is -0.121. The zero-order valence-electron chi connectivity index (χ0n) is 13.5. The van der Waals surface area contributed by atoms with Gasteiger partial charge in [0.05, 0.1) is 25.8 Å².